The van der Waals surface area contributed by atoms with Crippen molar-refractivity contribution in [3.05, 3.63) is 29.8 Å². The lowest BCUT2D eigenvalue weighted by atomic mass is 10.2. The first-order chi connectivity index (χ1) is 10.5. The van der Waals surface area contributed by atoms with Crippen molar-refractivity contribution in [1.29, 1.82) is 0 Å². The van der Waals surface area contributed by atoms with Gasteiger partial charge < -0.3 is 10.2 Å². The van der Waals surface area contributed by atoms with Crippen molar-refractivity contribution in [3.63, 3.8) is 0 Å². The second kappa shape index (κ2) is 7.69. The van der Waals surface area contributed by atoms with Crippen LogP contribution in [0, 0.1) is 11.6 Å². The molecule has 6 nitrogen and oxygen atoms in total. The van der Waals surface area contributed by atoms with Gasteiger partial charge in [-0.25, -0.2) is 17.2 Å². The first kappa shape index (κ1) is 19.3. The molecule has 0 aromatic heterocycles. The number of halogens is 2. The Hall–Kier alpha value is -1.74. The molecule has 0 spiro atoms. The van der Waals surface area contributed by atoms with E-state index in [4.69, 9.17) is 0 Å². The Morgan fingerprint density at radius 1 is 1.26 bits per heavy atom. The van der Waals surface area contributed by atoms with Crippen LogP contribution in [-0.4, -0.2) is 58.7 Å². The minimum absolute atomic E-state index is 0.110. The molecular weight excluding hydrogens is 328 g/mol. The van der Waals surface area contributed by atoms with Crippen molar-refractivity contribution in [3.8, 4) is 0 Å². The summed E-state index contributed by atoms with van der Waals surface area (Å²) in [6.07, 6.45) is 0.901. The van der Waals surface area contributed by atoms with Gasteiger partial charge in [-0.05, 0) is 33.2 Å². The van der Waals surface area contributed by atoms with E-state index in [1.54, 1.807) is 0 Å². The molecule has 0 heterocycles. The fourth-order valence-corrected chi connectivity index (χ4v) is 3.15. The second-order valence-corrected chi connectivity index (χ2v) is 7.29. The van der Waals surface area contributed by atoms with E-state index in [0.717, 1.165) is 28.8 Å². The van der Waals surface area contributed by atoms with Crippen LogP contribution in [0.4, 0.5) is 14.5 Å². The van der Waals surface area contributed by atoms with E-state index in [2.05, 4.69) is 5.32 Å². The summed E-state index contributed by atoms with van der Waals surface area (Å²) in [5.41, 5.74) is -0.110. The molecule has 0 bridgehead atoms. The summed E-state index contributed by atoms with van der Waals surface area (Å²) < 4.78 is 51.1. The fourth-order valence-electron chi connectivity index (χ4n) is 1.98. The van der Waals surface area contributed by atoms with Gasteiger partial charge in [0.1, 0.15) is 6.04 Å². The van der Waals surface area contributed by atoms with Crippen LogP contribution in [0.1, 0.15) is 6.92 Å². The minimum Gasteiger partial charge on any atom is -0.353 e. The van der Waals surface area contributed by atoms with E-state index in [1.165, 1.54) is 6.92 Å². The average Bonchev–Trinajstić information content (AvgIpc) is 2.40. The van der Waals surface area contributed by atoms with E-state index in [9.17, 15) is 22.0 Å². The number of hydrogen-bond donors (Lipinski definition) is 1. The Kier molecular flexibility index (Phi) is 6.46. The molecule has 0 saturated heterocycles. The van der Waals surface area contributed by atoms with Gasteiger partial charge in [-0.1, -0.05) is 0 Å². The molecule has 0 aliphatic rings. The molecule has 1 amide bonds. The molecule has 1 atom stereocenters. The molecule has 0 radical (unpaired) electrons. The number of likely N-dealkylation sites (N-methyl/N-ethyl adjacent to an activating group) is 1. The topological polar surface area (TPSA) is 69.7 Å². The van der Waals surface area contributed by atoms with Crippen LogP contribution in [-0.2, 0) is 14.8 Å². The number of anilines is 1. The highest BCUT2D eigenvalue weighted by Crippen LogP contribution is 2.23. The highest BCUT2D eigenvalue weighted by Gasteiger charge is 2.29. The molecule has 23 heavy (non-hydrogen) atoms. The van der Waals surface area contributed by atoms with Crippen LogP contribution < -0.4 is 9.62 Å². The number of nitrogens with one attached hydrogen (secondary N) is 1. The van der Waals surface area contributed by atoms with Crippen molar-refractivity contribution in [2.75, 3.05) is 37.7 Å². The number of carbonyl (C=O) groups excluding carboxylic acids is 1. The molecule has 0 aliphatic heterocycles. The summed E-state index contributed by atoms with van der Waals surface area (Å²) in [5.74, 6) is -2.80. The van der Waals surface area contributed by atoms with Crippen LogP contribution in [0.3, 0.4) is 0 Å². The van der Waals surface area contributed by atoms with E-state index in [0.29, 0.717) is 13.1 Å². The molecule has 9 heteroatoms. The van der Waals surface area contributed by atoms with Crippen molar-refractivity contribution >= 4 is 21.6 Å². The van der Waals surface area contributed by atoms with Crippen molar-refractivity contribution in [2.24, 2.45) is 0 Å². The Morgan fingerprint density at radius 3 is 2.35 bits per heavy atom. The standard InChI is InChI=1S/C14H21F2N3O3S/c1-10(14(20)17-7-8-18(2)3)19(23(4,21)22)11-5-6-12(15)13(16)9-11/h5-6,9-10H,7-8H2,1-4H3,(H,17,20)/t10-/m0/s1. The number of amides is 1. The third-order valence-electron chi connectivity index (χ3n) is 3.10. The van der Waals surface area contributed by atoms with Gasteiger partial charge in [-0.15, -0.1) is 0 Å². The molecule has 1 aromatic rings. The summed E-state index contributed by atoms with van der Waals surface area (Å²) in [6.45, 7) is 2.31. The maximum absolute atomic E-state index is 13.4. The van der Waals surface area contributed by atoms with E-state index < -0.39 is 33.6 Å². The number of rotatable bonds is 7. The van der Waals surface area contributed by atoms with Gasteiger partial charge in [-0.3, -0.25) is 9.10 Å². The van der Waals surface area contributed by atoms with E-state index >= 15 is 0 Å². The number of benzene rings is 1. The van der Waals surface area contributed by atoms with Crippen LogP contribution in [0.5, 0.6) is 0 Å². The number of hydrogen-bond acceptors (Lipinski definition) is 4. The third-order valence-corrected chi connectivity index (χ3v) is 4.35. The minimum atomic E-state index is -3.86. The number of carbonyl (C=O) groups is 1. The highest BCUT2D eigenvalue weighted by molar-refractivity contribution is 7.92. The van der Waals surface area contributed by atoms with Gasteiger partial charge in [0.15, 0.2) is 11.6 Å². The zero-order valence-electron chi connectivity index (χ0n) is 13.5. The average molecular weight is 349 g/mol. The predicted octanol–water partition coefficient (Wildman–Crippen LogP) is 0.797. The van der Waals surface area contributed by atoms with E-state index in [-0.39, 0.29) is 5.69 Å². The van der Waals surface area contributed by atoms with Gasteiger partial charge in [0.2, 0.25) is 15.9 Å². The summed E-state index contributed by atoms with van der Waals surface area (Å²) >= 11 is 0. The Balaban J connectivity index is 3.02. The Labute approximate surface area is 135 Å². The largest absolute Gasteiger partial charge is 0.353 e. The van der Waals surface area contributed by atoms with Gasteiger partial charge >= 0.3 is 0 Å². The quantitative estimate of drug-likeness (QED) is 0.790. The molecule has 1 rings (SSSR count). The SMILES string of the molecule is C[C@@H](C(=O)NCCN(C)C)N(c1ccc(F)c(F)c1)S(C)(=O)=O. The lowest BCUT2D eigenvalue weighted by molar-refractivity contribution is -0.121. The third kappa shape index (κ3) is 5.43. The normalized spacial score (nSPS) is 13.0. The molecule has 130 valence electrons. The summed E-state index contributed by atoms with van der Waals surface area (Å²) in [4.78, 5) is 14.0. The summed E-state index contributed by atoms with van der Waals surface area (Å²) in [7, 11) is -0.194. The lowest BCUT2D eigenvalue weighted by Crippen LogP contribution is -2.48. The number of sulfonamides is 1. The first-order valence-corrected chi connectivity index (χ1v) is 8.75. The van der Waals surface area contributed by atoms with Crippen molar-refractivity contribution < 1.29 is 22.0 Å². The van der Waals surface area contributed by atoms with Crippen molar-refractivity contribution in [1.82, 2.24) is 10.2 Å². The van der Waals surface area contributed by atoms with Gasteiger partial charge in [0, 0.05) is 19.2 Å². The Bertz CT molecular complexity index is 665. The molecule has 1 aromatic carbocycles. The van der Waals surface area contributed by atoms with Gasteiger partial charge in [-0.2, -0.15) is 0 Å². The zero-order chi connectivity index (χ0) is 17.8. The lowest BCUT2D eigenvalue weighted by Gasteiger charge is -2.28. The smallest absolute Gasteiger partial charge is 0.243 e. The second-order valence-electron chi connectivity index (χ2n) is 5.43. The maximum atomic E-state index is 13.4. The zero-order valence-corrected chi connectivity index (χ0v) is 14.3. The van der Waals surface area contributed by atoms with Gasteiger partial charge in [0.25, 0.3) is 0 Å². The van der Waals surface area contributed by atoms with Crippen LogP contribution in [0.2, 0.25) is 0 Å². The summed E-state index contributed by atoms with van der Waals surface area (Å²) in [5, 5.41) is 2.61. The number of nitrogens with zero attached hydrogens (tertiary/aromatic N) is 2. The fraction of sp³-hybridized carbons (Fsp3) is 0.500. The molecule has 0 saturated carbocycles. The van der Waals surface area contributed by atoms with Gasteiger partial charge in [0.05, 0.1) is 11.9 Å². The molecule has 0 fully saturated rings. The first-order valence-electron chi connectivity index (χ1n) is 6.91. The highest BCUT2D eigenvalue weighted by atomic mass is 32.2. The molecule has 0 aliphatic carbocycles. The monoisotopic (exact) mass is 349 g/mol. The van der Waals surface area contributed by atoms with Crippen LogP contribution >= 0.6 is 0 Å². The molecule has 1 N–H and O–H groups in total. The summed E-state index contributed by atoms with van der Waals surface area (Å²) in [6, 6.07) is 1.58. The van der Waals surface area contributed by atoms with Crippen LogP contribution in [0.25, 0.3) is 0 Å². The predicted molar refractivity (Wildman–Crippen MR) is 84.7 cm³/mol. The molecule has 0 unspecified atom stereocenters. The van der Waals surface area contributed by atoms with E-state index in [1.807, 2.05) is 19.0 Å². The van der Waals surface area contributed by atoms with Crippen LogP contribution in [0.15, 0.2) is 18.2 Å². The molecular formula is C14H21F2N3O3S. The maximum Gasteiger partial charge on any atom is 0.243 e. The Morgan fingerprint density at radius 2 is 1.87 bits per heavy atom. The van der Waals surface area contributed by atoms with Crippen molar-refractivity contribution in [2.45, 2.75) is 13.0 Å².